The van der Waals surface area contributed by atoms with Crippen molar-refractivity contribution in [3.05, 3.63) is 70.9 Å². The summed E-state index contributed by atoms with van der Waals surface area (Å²) in [5.41, 5.74) is 6.34. The van der Waals surface area contributed by atoms with E-state index in [1.54, 1.807) is 0 Å². The number of nitrogens with one attached hydrogen (secondary N) is 1. The van der Waals surface area contributed by atoms with E-state index in [0.717, 1.165) is 59.2 Å². The molecule has 2 aromatic carbocycles. The SMILES string of the molecule is Cc1cccc(NC(=O)N2CCc3nc(-c4ccccc4)nc(N4CCCC4)c3C2)c1C. The number of benzene rings is 2. The third-order valence-corrected chi connectivity index (χ3v) is 6.61. The summed E-state index contributed by atoms with van der Waals surface area (Å²) in [7, 11) is 0. The highest BCUT2D eigenvalue weighted by Gasteiger charge is 2.29. The lowest BCUT2D eigenvalue weighted by molar-refractivity contribution is 0.206. The summed E-state index contributed by atoms with van der Waals surface area (Å²) in [5, 5.41) is 3.11. The van der Waals surface area contributed by atoms with Gasteiger partial charge in [0.15, 0.2) is 5.82 Å². The van der Waals surface area contributed by atoms with Gasteiger partial charge in [-0.2, -0.15) is 0 Å². The Morgan fingerprint density at radius 2 is 1.72 bits per heavy atom. The molecule has 1 saturated heterocycles. The van der Waals surface area contributed by atoms with E-state index in [1.807, 2.05) is 42.2 Å². The minimum atomic E-state index is -0.0659. The third-order valence-electron chi connectivity index (χ3n) is 6.61. The predicted molar refractivity (Wildman–Crippen MR) is 128 cm³/mol. The molecule has 0 unspecified atom stereocenters. The Morgan fingerprint density at radius 3 is 2.50 bits per heavy atom. The second-order valence-corrected chi connectivity index (χ2v) is 8.71. The summed E-state index contributed by atoms with van der Waals surface area (Å²) in [4.78, 5) is 27.3. The van der Waals surface area contributed by atoms with Crippen LogP contribution in [0.25, 0.3) is 11.4 Å². The number of aromatic nitrogens is 2. The van der Waals surface area contributed by atoms with Gasteiger partial charge in [0.2, 0.25) is 0 Å². The van der Waals surface area contributed by atoms with Crippen molar-refractivity contribution in [2.75, 3.05) is 29.9 Å². The van der Waals surface area contributed by atoms with Gasteiger partial charge < -0.3 is 15.1 Å². The van der Waals surface area contributed by atoms with Crippen LogP contribution >= 0.6 is 0 Å². The van der Waals surface area contributed by atoms with Gasteiger partial charge in [0.25, 0.3) is 0 Å². The Labute approximate surface area is 189 Å². The normalized spacial score (nSPS) is 15.6. The molecule has 32 heavy (non-hydrogen) atoms. The van der Waals surface area contributed by atoms with E-state index in [0.29, 0.717) is 13.1 Å². The minimum Gasteiger partial charge on any atom is -0.356 e. The van der Waals surface area contributed by atoms with Crippen molar-refractivity contribution < 1.29 is 4.79 Å². The van der Waals surface area contributed by atoms with Gasteiger partial charge in [-0.3, -0.25) is 0 Å². The largest absolute Gasteiger partial charge is 0.356 e. The molecule has 0 radical (unpaired) electrons. The molecule has 0 atom stereocenters. The van der Waals surface area contributed by atoms with Crippen LogP contribution in [0.4, 0.5) is 16.3 Å². The van der Waals surface area contributed by atoms with Crippen molar-refractivity contribution in [3.8, 4) is 11.4 Å². The molecular formula is C26H29N5O. The molecule has 1 fully saturated rings. The molecule has 0 bridgehead atoms. The fraction of sp³-hybridized carbons (Fsp3) is 0.346. The Balaban J connectivity index is 1.45. The van der Waals surface area contributed by atoms with Crippen LogP contribution in [0, 0.1) is 13.8 Å². The molecule has 164 valence electrons. The average molecular weight is 428 g/mol. The molecule has 1 aromatic heterocycles. The van der Waals surface area contributed by atoms with E-state index in [2.05, 4.69) is 35.3 Å². The number of rotatable bonds is 3. The van der Waals surface area contributed by atoms with Gasteiger partial charge in [-0.25, -0.2) is 14.8 Å². The first-order valence-corrected chi connectivity index (χ1v) is 11.4. The molecule has 0 spiro atoms. The van der Waals surface area contributed by atoms with Crippen LogP contribution < -0.4 is 10.2 Å². The van der Waals surface area contributed by atoms with Gasteiger partial charge >= 0.3 is 6.03 Å². The number of fused-ring (bicyclic) bond motifs is 1. The molecule has 2 aliphatic rings. The van der Waals surface area contributed by atoms with Crippen molar-refractivity contribution in [2.45, 2.75) is 39.7 Å². The van der Waals surface area contributed by atoms with Crippen molar-refractivity contribution in [1.29, 1.82) is 0 Å². The number of urea groups is 1. The van der Waals surface area contributed by atoms with E-state index in [1.165, 1.54) is 18.4 Å². The third kappa shape index (κ3) is 3.93. The zero-order chi connectivity index (χ0) is 22.1. The maximum absolute atomic E-state index is 13.1. The standard InChI is InChI=1S/C26H29N5O/c1-18-9-8-12-22(19(18)2)28-26(32)31-16-13-23-21(17-31)25(30-14-6-7-15-30)29-24(27-23)20-10-4-3-5-11-20/h3-5,8-12H,6-7,13-17H2,1-2H3,(H,28,32). The maximum Gasteiger partial charge on any atom is 0.322 e. The fourth-order valence-corrected chi connectivity index (χ4v) is 4.56. The van der Waals surface area contributed by atoms with Gasteiger partial charge in [-0.1, -0.05) is 42.5 Å². The van der Waals surface area contributed by atoms with Crippen LogP contribution in [0.2, 0.25) is 0 Å². The van der Waals surface area contributed by atoms with Gasteiger partial charge in [0.05, 0.1) is 12.2 Å². The molecule has 2 amide bonds. The summed E-state index contributed by atoms with van der Waals surface area (Å²) in [6, 6.07) is 16.1. The Kier molecular flexibility index (Phi) is 5.52. The van der Waals surface area contributed by atoms with E-state index in [-0.39, 0.29) is 6.03 Å². The monoisotopic (exact) mass is 427 g/mol. The topological polar surface area (TPSA) is 61.4 Å². The Morgan fingerprint density at radius 1 is 0.938 bits per heavy atom. The van der Waals surface area contributed by atoms with Gasteiger partial charge in [-0.05, 0) is 43.9 Å². The highest BCUT2D eigenvalue weighted by Crippen LogP contribution is 2.32. The number of carbonyl (C=O) groups excluding carboxylic acids is 1. The van der Waals surface area contributed by atoms with Gasteiger partial charge in [0.1, 0.15) is 5.82 Å². The summed E-state index contributed by atoms with van der Waals surface area (Å²) < 4.78 is 0. The van der Waals surface area contributed by atoms with E-state index < -0.39 is 0 Å². The van der Waals surface area contributed by atoms with Gasteiger partial charge in [0, 0.05) is 42.9 Å². The first-order chi connectivity index (χ1) is 15.6. The van der Waals surface area contributed by atoms with Gasteiger partial charge in [-0.15, -0.1) is 0 Å². The Hall–Kier alpha value is -3.41. The second-order valence-electron chi connectivity index (χ2n) is 8.71. The van der Waals surface area contributed by atoms with E-state index in [9.17, 15) is 4.79 Å². The van der Waals surface area contributed by atoms with Crippen LogP contribution in [-0.4, -0.2) is 40.5 Å². The lowest BCUT2D eigenvalue weighted by Crippen LogP contribution is -2.40. The number of carbonyl (C=O) groups is 1. The Bertz CT molecular complexity index is 1140. The van der Waals surface area contributed by atoms with Crippen molar-refractivity contribution in [1.82, 2.24) is 14.9 Å². The molecule has 3 aromatic rings. The maximum atomic E-state index is 13.1. The highest BCUT2D eigenvalue weighted by molar-refractivity contribution is 5.90. The van der Waals surface area contributed by atoms with E-state index in [4.69, 9.17) is 9.97 Å². The number of amides is 2. The molecule has 0 saturated carbocycles. The van der Waals surface area contributed by atoms with Crippen LogP contribution in [0.5, 0.6) is 0 Å². The lowest BCUT2D eigenvalue weighted by Gasteiger charge is -2.32. The van der Waals surface area contributed by atoms with Crippen LogP contribution in [0.1, 0.15) is 35.2 Å². The second kappa shape index (κ2) is 8.61. The average Bonchev–Trinajstić information content (AvgIpc) is 3.36. The quantitative estimate of drug-likeness (QED) is 0.642. The summed E-state index contributed by atoms with van der Waals surface area (Å²) in [5.74, 6) is 1.77. The van der Waals surface area contributed by atoms with Crippen molar-refractivity contribution >= 4 is 17.5 Å². The molecule has 2 aliphatic heterocycles. The first-order valence-electron chi connectivity index (χ1n) is 11.4. The number of hydrogen-bond acceptors (Lipinski definition) is 4. The molecule has 3 heterocycles. The summed E-state index contributed by atoms with van der Waals surface area (Å²) >= 11 is 0. The van der Waals surface area contributed by atoms with Crippen molar-refractivity contribution in [3.63, 3.8) is 0 Å². The fourth-order valence-electron chi connectivity index (χ4n) is 4.56. The minimum absolute atomic E-state index is 0.0659. The number of nitrogens with zero attached hydrogens (tertiary/aromatic N) is 4. The molecule has 6 heteroatoms. The summed E-state index contributed by atoms with van der Waals surface area (Å²) in [6.45, 7) is 7.30. The molecular weight excluding hydrogens is 398 g/mol. The zero-order valence-electron chi connectivity index (χ0n) is 18.8. The van der Waals surface area contributed by atoms with E-state index >= 15 is 0 Å². The van der Waals surface area contributed by atoms with Crippen LogP contribution in [0.15, 0.2) is 48.5 Å². The lowest BCUT2D eigenvalue weighted by atomic mass is 10.0. The molecule has 6 nitrogen and oxygen atoms in total. The number of hydrogen-bond donors (Lipinski definition) is 1. The first kappa shape index (κ1) is 20.5. The smallest absolute Gasteiger partial charge is 0.322 e. The number of aryl methyl sites for hydroxylation is 1. The van der Waals surface area contributed by atoms with Crippen LogP contribution in [0.3, 0.4) is 0 Å². The summed E-state index contributed by atoms with van der Waals surface area (Å²) in [6.07, 6.45) is 3.09. The molecule has 0 aliphatic carbocycles. The molecule has 1 N–H and O–H groups in total. The molecule has 5 rings (SSSR count). The number of anilines is 2. The van der Waals surface area contributed by atoms with Crippen LogP contribution in [-0.2, 0) is 13.0 Å². The zero-order valence-corrected chi connectivity index (χ0v) is 18.8. The highest BCUT2D eigenvalue weighted by atomic mass is 16.2. The predicted octanol–water partition coefficient (Wildman–Crippen LogP) is 4.95. The van der Waals surface area contributed by atoms with Crippen molar-refractivity contribution in [2.24, 2.45) is 0 Å².